The molecule has 0 saturated carbocycles. The van der Waals surface area contributed by atoms with E-state index in [-0.39, 0.29) is 0 Å². The summed E-state index contributed by atoms with van der Waals surface area (Å²) in [5.74, 6) is 0. The molecular formula is C4H2Br2F2O. The van der Waals surface area contributed by atoms with Gasteiger partial charge in [-0.05, 0) is 31.9 Å². The van der Waals surface area contributed by atoms with Crippen molar-refractivity contribution in [2.75, 3.05) is 0 Å². The SMILES string of the molecule is FC(Br)=COC=C(F)Br. The van der Waals surface area contributed by atoms with Gasteiger partial charge >= 0.3 is 0 Å². The summed E-state index contributed by atoms with van der Waals surface area (Å²) < 4.78 is 26.1. The van der Waals surface area contributed by atoms with Crippen LogP contribution in [0.3, 0.4) is 0 Å². The summed E-state index contributed by atoms with van der Waals surface area (Å²) in [4.78, 5) is 0. The largest absolute Gasteiger partial charge is 0.465 e. The summed E-state index contributed by atoms with van der Waals surface area (Å²) in [6.07, 6.45) is 1.42. The first-order chi connectivity index (χ1) is 4.13. The lowest BCUT2D eigenvalue weighted by Crippen LogP contribution is -1.65. The van der Waals surface area contributed by atoms with Gasteiger partial charge in [0.2, 0.25) is 9.47 Å². The average Bonchev–Trinajstić information content (AvgIpc) is 1.63. The zero-order chi connectivity index (χ0) is 7.28. The van der Waals surface area contributed by atoms with Gasteiger partial charge in [-0.3, -0.25) is 0 Å². The zero-order valence-electron chi connectivity index (χ0n) is 4.07. The number of rotatable bonds is 2. The first-order valence-electron chi connectivity index (χ1n) is 1.80. The zero-order valence-corrected chi connectivity index (χ0v) is 7.25. The standard InChI is InChI=1S/C4H2Br2F2O/c5-3(7)1-9-2-4(6)8/h1-2H. The van der Waals surface area contributed by atoms with E-state index in [1.54, 1.807) is 0 Å². The van der Waals surface area contributed by atoms with Crippen molar-refractivity contribution >= 4 is 31.9 Å². The smallest absolute Gasteiger partial charge is 0.200 e. The highest BCUT2D eigenvalue weighted by molar-refractivity contribution is 9.11. The molecule has 1 nitrogen and oxygen atoms in total. The summed E-state index contributed by atoms with van der Waals surface area (Å²) in [7, 11) is 0. The van der Waals surface area contributed by atoms with E-state index in [0.717, 1.165) is 0 Å². The van der Waals surface area contributed by atoms with E-state index in [0.29, 0.717) is 12.5 Å². The van der Waals surface area contributed by atoms with Crippen LogP contribution in [0.1, 0.15) is 0 Å². The quantitative estimate of drug-likeness (QED) is 0.695. The fourth-order valence-corrected chi connectivity index (χ4v) is 0.353. The molecule has 52 valence electrons. The van der Waals surface area contributed by atoms with Gasteiger partial charge in [0.25, 0.3) is 0 Å². The van der Waals surface area contributed by atoms with Crippen LogP contribution in [0.25, 0.3) is 0 Å². The molecule has 5 heteroatoms. The first kappa shape index (κ1) is 9.10. The Balaban J connectivity index is 3.53. The van der Waals surface area contributed by atoms with Crippen molar-refractivity contribution in [3.8, 4) is 0 Å². The van der Waals surface area contributed by atoms with Gasteiger partial charge in [-0.2, -0.15) is 8.78 Å². The van der Waals surface area contributed by atoms with Crippen LogP contribution in [0.4, 0.5) is 8.78 Å². The molecule has 9 heavy (non-hydrogen) atoms. The molecule has 0 unspecified atom stereocenters. The number of halogens is 4. The number of hydrogen-bond donors (Lipinski definition) is 0. The molecule has 0 aromatic rings. The van der Waals surface area contributed by atoms with Crippen molar-refractivity contribution in [3.63, 3.8) is 0 Å². The van der Waals surface area contributed by atoms with Gasteiger partial charge in [-0.25, -0.2) is 0 Å². The Bertz CT molecular complexity index is 120. The Labute approximate surface area is 67.6 Å². The van der Waals surface area contributed by atoms with Crippen molar-refractivity contribution in [2.24, 2.45) is 0 Å². The highest BCUT2D eigenvalue weighted by atomic mass is 79.9. The van der Waals surface area contributed by atoms with Crippen molar-refractivity contribution in [1.82, 2.24) is 0 Å². The molecule has 0 aliphatic carbocycles. The number of hydrogen-bond acceptors (Lipinski definition) is 1. The second-order valence-electron chi connectivity index (χ2n) is 0.951. The average molecular weight is 264 g/mol. The van der Waals surface area contributed by atoms with Crippen LogP contribution in [0.15, 0.2) is 22.0 Å². The van der Waals surface area contributed by atoms with Crippen molar-refractivity contribution in [2.45, 2.75) is 0 Å². The minimum absolute atomic E-state index is 0.701. The third kappa shape index (κ3) is 8.10. The third-order valence-corrected chi connectivity index (χ3v) is 0.688. The number of ether oxygens (including phenoxy) is 1. The molecule has 0 radical (unpaired) electrons. The highest BCUT2D eigenvalue weighted by Gasteiger charge is 1.84. The molecular weight excluding hydrogens is 262 g/mol. The topological polar surface area (TPSA) is 9.23 Å². The van der Waals surface area contributed by atoms with Gasteiger partial charge in [0.15, 0.2) is 0 Å². The Hall–Kier alpha value is 0.1000. The molecule has 0 aliphatic heterocycles. The van der Waals surface area contributed by atoms with E-state index >= 15 is 0 Å². The maximum Gasteiger partial charge on any atom is 0.200 e. The minimum atomic E-state index is -0.701. The van der Waals surface area contributed by atoms with Crippen molar-refractivity contribution in [3.05, 3.63) is 22.0 Å². The molecule has 0 heterocycles. The molecule has 0 spiro atoms. The lowest BCUT2D eigenvalue weighted by Gasteiger charge is -1.85. The predicted octanol–water partition coefficient (Wildman–Crippen LogP) is 3.33. The molecule has 0 aromatic heterocycles. The second kappa shape index (κ2) is 4.93. The fourth-order valence-electron chi connectivity index (χ4n) is 0.137. The summed E-state index contributed by atoms with van der Waals surface area (Å²) in [5, 5.41) is 0. The van der Waals surface area contributed by atoms with Crippen LogP contribution in [0, 0.1) is 0 Å². The second-order valence-corrected chi connectivity index (χ2v) is 2.47. The monoisotopic (exact) mass is 262 g/mol. The van der Waals surface area contributed by atoms with Crippen LogP contribution in [0.5, 0.6) is 0 Å². The highest BCUT2D eigenvalue weighted by Crippen LogP contribution is 2.08. The maximum atomic E-state index is 11.6. The lowest BCUT2D eigenvalue weighted by atomic mass is 11.0. The van der Waals surface area contributed by atoms with Crippen LogP contribution in [-0.2, 0) is 4.74 Å². The fraction of sp³-hybridized carbons (Fsp3) is 0. The predicted molar refractivity (Wildman–Crippen MR) is 37.3 cm³/mol. The first-order valence-corrected chi connectivity index (χ1v) is 3.39. The molecule has 0 aromatic carbocycles. The minimum Gasteiger partial charge on any atom is -0.465 e. The van der Waals surface area contributed by atoms with Gasteiger partial charge < -0.3 is 4.74 Å². The van der Waals surface area contributed by atoms with Gasteiger partial charge in [-0.1, -0.05) is 0 Å². The third-order valence-electron chi connectivity index (χ3n) is 0.314. The molecule has 0 saturated heterocycles. The van der Waals surface area contributed by atoms with Crippen LogP contribution in [0.2, 0.25) is 0 Å². The lowest BCUT2D eigenvalue weighted by molar-refractivity contribution is 0.379. The normalized spacial score (nSPS) is 13.8. The van der Waals surface area contributed by atoms with Crippen molar-refractivity contribution < 1.29 is 13.5 Å². The molecule has 0 fully saturated rings. The molecule has 0 rings (SSSR count). The van der Waals surface area contributed by atoms with E-state index in [1.807, 2.05) is 0 Å². The van der Waals surface area contributed by atoms with Crippen molar-refractivity contribution in [1.29, 1.82) is 0 Å². The van der Waals surface area contributed by atoms with E-state index in [2.05, 4.69) is 36.6 Å². The van der Waals surface area contributed by atoms with Crippen LogP contribution >= 0.6 is 31.9 Å². The molecule has 0 aliphatic rings. The summed E-state index contributed by atoms with van der Waals surface area (Å²) >= 11 is 4.85. The van der Waals surface area contributed by atoms with Crippen LogP contribution < -0.4 is 0 Å². The Kier molecular flexibility index (Phi) is 4.99. The Morgan fingerprint density at radius 2 is 1.44 bits per heavy atom. The molecule has 0 bridgehead atoms. The summed E-state index contributed by atoms with van der Waals surface area (Å²) in [6.45, 7) is 0. The Morgan fingerprint density at radius 1 is 1.11 bits per heavy atom. The van der Waals surface area contributed by atoms with Gasteiger partial charge in [0.1, 0.15) is 12.5 Å². The van der Waals surface area contributed by atoms with Gasteiger partial charge in [0.05, 0.1) is 0 Å². The van der Waals surface area contributed by atoms with E-state index in [9.17, 15) is 8.78 Å². The van der Waals surface area contributed by atoms with Gasteiger partial charge in [-0.15, -0.1) is 0 Å². The van der Waals surface area contributed by atoms with Crippen LogP contribution in [-0.4, -0.2) is 0 Å². The summed E-state index contributed by atoms with van der Waals surface area (Å²) in [6, 6.07) is 0. The van der Waals surface area contributed by atoms with E-state index in [4.69, 9.17) is 0 Å². The van der Waals surface area contributed by atoms with E-state index < -0.39 is 9.47 Å². The van der Waals surface area contributed by atoms with Gasteiger partial charge in [0, 0.05) is 0 Å². The molecule has 0 N–H and O–H groups in total. The molecule has 0 amide bonds. The van der Waals surface area contributed by atoms with E-state index in [1.165, 1.54) is 0 Å². The summed E-state index contributed by atoms with van der Waals surface area (Å²) in [5.41, 5.74) is 0. The maximum absolute atomic E-state index is 11.6. The molecule has 0 atom stereocenters. The Morgan fingerprint density at radius 3 is 1.67 bits per heavy atom.